The molecule has 1 aromatic heterocycles. The van der Waals surface area contributed by atoms with Gasteiger partial charge in [0.2, 0.25) is 0 Å². The Labute approximate surface area is 102 Å². The van der Waals surface area contributed by atoms with Crippen molar-refractivity contribution in [2.75, 3.05) is 17.7 Å². The van der Waals surface area contributed by atoms with Gasteiger partial charge in [0, 0.05) is 13.6 Å². The quantitative estimate of drug-likeness (QED) is 0.876. The molecule has 0 spiro atoms. The summed E-state index contributed by atoms with van der Waals surface area (Å²) in [5.74, 6) is 1.45. The normalized spacial score (nSPS) is 10.2. The van der Waals surface area contributed by atoms with Gasteiger partial charge in [0.25, 0.3) is 0 Å². The second kappa shape index (κ2) is 4.87. The first-order valence-electron chi connectivity index (χ1n) is 5.65. The Morgan fingerprint density at radius 3 is 2.59 bits per heavy atom. The molecule has 2 rings (SSSR count). The van der Waals surface area contributed by atoms with E-state index in [0.717, 1.165) is 12.4 Å². The fourth-order valence-electron chi connectivity index (χ4n) is 1.78. The largest absolute Gasteiger partial charge is 0.384 e. The third-order valence-corrected chi connectivity index (χ3v) is 2.82. The molecule has 1 heterocycles. The SMILES string of the molecule is Cc1ccccc1CN(C)c1cccc(N)n1. The first kappa shape index (κ1) is 11.5. The number of nitrogens with zero attached hydrogens (tertiary/aromatic N) is 2. The number of nitrogen functional groups attached to an aromatic ring is 1. The standard InChI is InChI=1S/C14H17N3/c1-11-6-3-4-7-12(11)10-17(2)14-9-5-8-13(15)16-14/h3-9H,10H2,1-2H3,(H2,15,16). The minimum atomic E-state index is 0.555. The number of aromatic nitrogens is 1. The number of hydrogen-bond acceptors (Lipinski definition) is 3. The summed E-state index contributed by atoms with van der Waals surface area (Å²) in [5, 5.41) is 0. The van der Waals surface area contributed by atoms with E-state index in [1.54, 1.807) is 6.07 Å². The molecule has 0 aliphatic rings. The molecular weight excluding hydrogens is 210 g/mol. The van der Waals surface area contributed by atoms with E-state index in [1.165, 1.54) is 11.1 Å². The van der Waals surface area contributed by atoms with Gasteiger partial charge in [-0.25, -0.2) is 4.98 Å². The molecule has 0 saturated heterocycles. The van der Waals surface area contributed by atoms with Crippen molar-refractivity contribution in [2.24, 2.45) is 0 Å². The van der Waals surface area contributed by atoms with Gasteiger partial charge in [0.05, 0.1) is 0 Å². The van der Waals surface area contributed by atoms with Crippen molar-refractivity contribution >= 4 is 11.6 Å². The summed E-state index contributed by atoms with van der Waals surface area (Å²) < 4.78 is 0. The van der Waals surface area contributed by atoms with Crippen LogP contribution in [0.2, 0.25) is 0 Å². The summed E-state index contributed by atoms with van der Waals surface area (Å²) in [4.78, 5) is 6.40. The molecule has 17 heavy (non-hydrogen) atoms. The van der Waals surface area contributed by atoms with E-state index in [2.05, 4.69) is 41.1 Å². The van der Waals surface area contributed by atoms with Gasteiger partial charge in [0.1, 0.15) is 11.6 Å². The zero-order chi connectivity index (χ0) is 12.3. The lowest BCUT2D eigenvalue weighted by atomic mass is 10.1. The maximum Gasteiger partial charge on any atom is 0.130 e. The molecule has 1 aromatic carbocycles. The van der Waals surface area contributed by atoms with Gasteiger partial charge in [-0.15, -0.1) is 0 Å². The van der Waals surface area contributed by atoms with Gasteiger partial charge in [0.15, 0.2) is 0 Å². The Bertz CT molecular complexity index is 508. The van der Waals surface area contributed by atoms with Gasteiger partial charge < -0.3 is 10.6 Å². The molecular formula is C14H17N3. The summed E-state index contributed by atoms with van der Waals surface area (Å²) in [6.07, 6.45) is 0. The third-order valence-electron chi connectivity index (χ3n) is 2.82. The van der Waals surface area contributed by atoms with Crippen molar-refractivity contribution in [1.29, 1.82) is 0 Å². The van der Waals surface area contributed by atoms with E-state index in [9.17, 15) is 0 Å². The first-order valence-corrected chi connectivity index (χ1v) is 5.65. The predicted molar refractivity (Wildman–Crippen MR) is 71.9 cm³/mol. The van der Waals surface area contributed by atoms with Crippen LogP contribution < -0.4 is 10.6 Å². The smallest absolute Gasteiger partial charge is 0.130 e. The van der Waals surface area contributed by atoms with Crippen LogP contribution in [0.5, 0.6) is 0 Å². The number of pyridine rings is 1. The highest BCUT2D eigenvalue weighted by atomic mass is 15.2. The predicted octanol–water partition coefficient (Wildman–Crippen LogP) is 2.61. The van der Waals surface area contributed by atoms with Crippen LogP contribution in [0.3, 0.4) is 0 Å². The molecule has 0 aliphatic heterocycles. The monoisotopic (exact) mass is 227 g/mol. The Balaban J connectivity index is 2.17. The highest BCUT2D eigenvalue weighted by Crippen LogP contribution is 2.15. The van der Waals surface area contributed by atoms with E-state index in [-0.39, 0.29) is 0 Å². The van der Waals surface area contributed by atoms with Gasteiger partial charge >= 0.3 is 0 Å². The topological polar surface area (TPSA) is 42.1 Å². The molecule has 2 aromatic rings. The molecule has 0 bridgehead atoms. The van der Waals surface area contributed by atoms with Gasteiger partial charge in [-0.1, -0.05) is 30.3 Å². The molecule has 3 heteroatoms. The minimum absolute atomic E-state index is 0.555. The van der Waals surface area contributed by atoms with E-state index < -0.39 is 0 Å². The molecule has 0 aliphatic carbocycles. The molecule has 0 amide bonds. The van der Waals surface area contributed by atoms with Crippen LogP contribution in [-0.2, 0) is 6.54 Å². The molecule has 88 valence electrons. The van der Waals surface area contributed by atoms with E-state index in [1.807, 2.05) is 19.2 Å². The maximum atomic E-state index is 5.68. The van der Waals surface area contributed by atoms with Crippen molar-refractivity contribution in [1.82, 2.24) is 4.98 Å². The lowest BCUT2D eigenvalue weighted by Crippen LogP contribution is -2.18. The van der Waals surface area contributed by atoms with Crippen LogP contribution in [0.25, 0.3) is 0 Å². The zero-order valence-corrected chi connectivity index (χ0v) is 10.2. The lowest BCUT2D eigenvalue weighted by Gasteiger charge is -2.19. The molecule has 0 atom stereocenters. The molecule has 0 fully saturated rings. The summed E-state index contributed by atoms with van der Waals surface area (Å²) >= 11 is 0. The van der Waals surface area contributed by atoms with Crippen molar-refractivity contribution in [3.63, 3.8) is 0 Å². The van der Waals surface area contributed by atoms with Crippen molar-refractivity contribution < 1.29 is 0 Å². The Morgan fingerprint density at radius 2 is 1.88 bits per heavy atom. The molecule has 2 N–H and O–H groups in total. The minimum Gasteiger partial charge on any atom is -0.384 e. The lowest BCUT2D eigenvalue weighted by molar-refractivity contribution is 0.892. The Kier molecular flexibility index (Phi) is 3.28. The third kappa shape index (κ3) is 2.75. The van der Waals surface area contributed by atoms with Crippen LogP contribution in [0.1, 0.15) is 11.1 Å². The number of benzene rings is 1. The summed E-state index contributed by atoms with van der Waals surface area (Å²) in [6, 6.07) is 14.1. The van der Waals surface area contributed by atoms with Crippen LogP contribution in [0.15, 0.2) is 42.5 Å². The summed E-state index contributed by atoms with van der Waals surface area (Å²) in [7, 11) is 2.02. The fraction of sp³-hybridized carbons (Fsp3) is 0.214. The number of aryl methyl sites for hydroxylation is 1. The van der Waals surface area contributed by atoms with Gasteiger partial charge in [-0.05, 0) is 30.2 Å². The average molecular weight is 227 g/mol. The van der Waals surface area contributed by atoms with E-state index in [0.29, 0.717) is 5.82 Å². The second-order valence-corrected chi connectivity index (χ2v) is 4.20. The zero-order valence-electron chi connectivity index (χ0n) is 10.2. The first-order chi connectivity index (χ1) is 8.16. The van der Waals surface area contributed by atoms with Crippen LogP contribution in [-0.4, -0.2) is 12.0 Å². The molecule has 0 saturated carbocycles. The summed E-state index contributed by atoms with van der Waals surface area (Å²) in [6.45, 7) is 2.96. The number of hydrogen-bond donors (Lipinski definition) is 1. The van der Waals surface area contributed by atoms with Crippen LogP contribution in [0.4, 0.5) is 11.6 Å². The van der Waals surface area contributed by atoms with Crippen LogP contribution >= 0.6 is 0 Å². The van der Waals surface area contributed by atoms with Gasteiger partial charge in [-0.3, -0.25) is 0 Å². The van der Waals surface area contributed by atoms with Crippen molar-refractivity contribution in [2.45, 2.75) is 13.5 Å². The second-order valence-electron chi connectivity index (χ2n) is 4.20. The number of anilines is 2. The molecule has 0 unspecified atom stereocenters. The Morgan fingerprint density at radius 1 is 1.12 bits per heavy atom. The van der Waals surface area contributed by atoms with Crippen LogP contribution in [0, 0.1) is 6.92 Å². The number of nitrogens with two attached hydrogens (primary N) is 1. The maximum absolute atomic E-state index is 5.68. The highest BCUT2D eigenvalue weighted by Gasteiger charge is 2.05. The number of rotatable bonds is 3. The van der Waals surface area contributed by atoms with Crippen molar-refractivity contribution in [3.8, 4) is 0 Å². The fourth-order valence-corrected chi connectivity index (χ4v) is 1.78. The molecule has 0 radical (unpaired) electrons. The molecule has 3 nitrogen and oxygen atoms in total. The van der Waals surface area contributed by atoms with E-state index in [4.69, 9.17) is 5.73 Å². The van der Waals surface area contributed by atoms with Crippen molar-refractivity contribution in [3.05, 3.63) is 53.6 Å². The average Bonchev–Trinajstić information content (AvgIpc) is 2.32. The summed E-state index contributed by atoms with van der Waals surface area (Å²) in [5.41, 5.74) is 8.28. The Hall–Kier alpha value is -2.03. The van der Waals surface area contributed by atoms with Gasteiger partial charge in [-0.2, -0.15) is 0 Å². The highest BCUT2D eigenvalue weighted by molar-refractivity contribution is 5.45. The van der Waals surface area contributed by atoms with E-state index >= 15 is 0 Å².